The average molecular weight is 264 g/mol. The molecule has 1 aliphatic rings. The van der Waals surface area contributed by atoms with Crippen LogP contribution in [-0.4, -0.2) is 65.9 Å². The van der Waals surface area contributed by atoms with E-state index >= 15 is 0 Å². The second-order valence-corrected chi connectivity index (χ2v) is 5.15. The minimum Gasteiger partial charge on any atom is -0.395 e. The molecule has 0 saturated carbocycles. The molecule has 0 bridgehead atoms. The normalized spacial score (nSPS) is 20.1. The quantitative estimate of drug-likeness (QED) is 0.823. The molecule has 1 saturated heterocycles. The lowest BCUT2D eigenvalue weighted by molar-refractivity contribution is 0.114. The minimum atomic E-state index is -0.411. The molecule has 2 rings (SSSR count). The molecule has 4 heteroatoms. The third kappa shape index (κ3) is 4.58. The van der Waals surface area contributed by atoms with Crippen LogP contribution in [0, 0.1) is 0 Å². The van der Waals surface area contributed by atoms with Crippen molar-refractivity contribution in [3.8, 4) is 0 Å². The predicted molar refractivity (Wildman–Crippen MR) is 76.0 cm³/mol. The average Bonchev–Trinajstić information content (AvgIpc) is 2.66. The van der Waals surface area contributed by atoms with Crippen LogP contribution in [0.2, 0.25) is 0 Å². The molecule has 1 heterocycles. The summed E-state index contributed by atoms with van der Waals surface area (Å²) in [6.07, 6.45) is 0.687. The van der Waals surface area contributed by atoms with Crippen LogP contribution in [0.4, 0.5) is 0 Å². The highest BCUT2D eigenvalue weighted by Gasteiger charge is 2.17. The highest BCUT2D eigenvalue weighted by atomic mass is 16.3. The van der Waals surface area contributed by atoms with E-state index in [1.165, 1.54) is 0 Å². The molecule has 0 aromatic heterocycles. The lowest BCUT2D eigenvalue weighted by Crippen LogP contribution is -2.34. The fourth-order valence-corrected chi connectivity index (χ4v) is 2.60. The molecule has 19 heavy (non-hydrogen) atoms. The molecule has 1 aliphatic heterocycles. The number of aliphatic hydroxyl groups excluding tert-OH is 2. The van der Waals surface area contributed by atoms with E-state index in [1.807, 2.05) is 30.3 Å². The summed E-state index contributed by atoms with van der Waals surface area (Å²) in [5, 5.41) is 19.2. The van der Waals surface area contributed by atoms with Gasteiger partial charge in [-0.3, -0.25) is 9.80 Å². The first-order valence-electron chi connectivity index (χ1n) is 7.08. The molecule has 1 aromatic rings. The van der Waals surface area contributed by atoms with Gasteiger partial charge in [-0.05, 0) is 25.1 Å². The fraction of sp³-hybridized carbons (Fsp3) is 0.600. The SMILES string of the molecule is OCCN1CCCN(CC(O)c2ccccc2)CC1. The number of benzene rings is 1. The van der Waals surface area contributed by atoms with Crippen LogP contribution < -0.4 is 0 Å². The maximum atomic E-state index is 10.2. The van der Waals surface area contributed by atoms with Gasteiger partial charge in [0, 0.05) is 26.2 Å². The van der Waals surface area contributed by atoms with E-state index in [0.29, 0.717) is 6.54 Å². The van der Waals surface area contributed by atoms with Gasteiger partial charge in [0.25, 0.3) is 0 Å². The number of rotatable bonds is 5. The van der Waals surface area contributed by atoms with Crippen molar-refractivity contribution in [3.05, 3.63) is 35.9 Å². The minimum absolute atomic E-state index is 0.229. The van der Waals surface area contributed by atoms with Crippen molar-refractivity contribution in [2.75, 3.05) is 45.9 Å². The zero-order chi connectivity index (χ0) is 13.5. The van der Waals surface area contributed by atoms with Gasteiger partial charge in [-0.1, -0.05) is 30.3 Å². The van der Waals surface area contributed by atoms with Gasteiger partial charge < -0.3 is 10.2 Å². The van der Waals surface area contributed by atoms with Crippen molar-refractivity contribution in [3.63, 3.8) is 0 Å². The second kappa shape index (κ2) is 7.60. The van der Waals surface area contributed by atoms with Gasteiger partial charge in [0.1, 0.15) is 0 Å². The Morgan fingerprint density at radius 2 is 1.68 bits per heavy atom. The van der Waals surface area contributed by atoms with Crippen LogP contribution in [0.25, 0.3) is 0 Å². The van der Waals surface area contributed by atoms with Crippen molar-refractivity contribution >= 4 is 0 Å². The Morgan fingerprint density at radius 3 is 2.42 bits per heavy atom. The van der Waals surface area contributed by atoms with Crippen LogP contribution in [0.5, 0.6) is 0 Å². The summed E-state index contributed by atoms with van der Waals surface area (Å²) in [4.78, 5) is 4.60. The van der Waals surface area contributed by atoms with E-state index in [-0.39, 0.29) is 6.61 Å². The van der Waals surface area contributed by atoms with Gasteiger partial charge in [-0.15, -0.1) is 0 Å². The highest BCUT2D eigenvalue weighted by molar-refractivity contribution is 5.17. The van der Waals surface area contributed by atoms with Gasteiger partial charge in [0.05, 0.1) is 12.7 Å². The monoisotopic (exact) mass is 264 g/mol. The molecule has 2 N–H and O–H groups in total. The maximum Gasteiger partial charge on any atom is 0.0916 e. The van der Waals surface area contributed by atoms with Crippen molar-refractivity contribution in [1.29, 1.82) is 0 Å². The Labute approximate surface area is 115 Å². The first-order chi connectivity index (χ1) is 9.29. The summed E-state index contributed by atoms with van der Waals surface area (Å²) < 4.78 is 0. The van der Waals surface area contributed by atoms with Crippen molar-refractivity contribution < 1.29 is 10.2 Å². The molecule has 1 atom stereocenters. The number of β-amino-alcohol motifs (C(OH)–C–C–N with tert-alkyl or cyclic N) is 2. The zero-order valence-corrected chi connectivity index (χ0v) is 11.4. The van der Waals surface area contributed by atoms with Crippen molar-refractivity contribution in [1.82, 2.24) is 9.80 Å². The van der Waals surface area contributed by atoms with Crippen LogP contribution in [0.1, 0.15) is 18.1 Å². The van der Waals surface area contributed by atoms with E-state index in [1.54, 1.807) is 0 Å². The molecule has 0 radical (unpaired) electrons. The standard InChI is InChI=1S/C15H24N2O2/c18-12-11-16-7-4-8-17(10-9-16)13-15(19)14-5-2-1-3-6-14/h1-3,5-6,15,18-19H,4,7-13H2. The van der Waals surface area contributed by atoms with Crippen molar-refractivity contribution in [2.24, 2.45) is 0 Å². The highest BCUT2D eigenvalue weighted by Crippen LogP contribution is 2.14. The Balaban J connectivity index is 1.83. The Kier molecular flexibility index (Phi) is 5.79. The van der Waals surface area contributed by atoms with Crippen LogP contribution in [0.3, 0.4) is 0 Å². The molecule has 4 nitrogen and oxygen atoms in total. The summed E-state index contributed by atoms with van der Waals surface area (Å²) in [7, 11) is 0. The largest absolute Gasteiger partial charge is 0.395 e. The number of hydrogen-bond acceptors (Lipinski definition) is 4. The Bertz CT molecular complexity index is 358. The first kappa shape index (κ1) is 14.5. The lowest BCUT2D eigenvalue weighted by Gasteiger charge is -2.24. The van der Waals surface area contributed by atoms with E-state index in [4.69, 9.17) is 5.11 Å². The van der Waals surface area contributed by atoms with Crippen LogP contribution in [-0.2, 0) is 0 Å². The number of aliphatic hydroxyl groups is 2. The predicted octanol–water partition coefficient (Wildman–Crippen LogP) is 0.720. The topological polar surface area (TPSA) is 46.9 Å². The van der Waals surface area contributed by atoms with Crippen LogP contribution >= 0.6 is 0 Å². The summed E-state index contributed by atoms with van der Waals surface area (Å²) in [5.74, 6) is 0. The van der Waals surface area contributed by atoms with Crippen molar-refractivity contribution in [2.45, 2.75) is 12.5 Å². The summed E-state index contributed by atoms with van der Waals surface area (Å²) in [6.45, 7) is 5.68. The second-order valence-electron chi connectivity index (χ2n) is 5.15. The number of hydrogen-bond donors (Lipinski definition) is 2. The molecular weight excluding hydrogens is 240 g/mol. The Hall–Kier alpha value is -0.940. The van der Waals surface area contributed by atoms with E-state index in [0.717, 1.165) is 44.7 Å². The molecule has 1 aromatic carbocycles. The lowest BCUT2D eigenvalue weighted by atomic mass is 10.1. The molecule has 0 amide bonds. The molecule has 1 unspecified atom stereocenters. The fourth-order valence-electron chi connectivity index (χ4n) is 2.60. The summed E-state index contributed by atoms with van der Waals surface area (Å²) >= 11 is 0. The van der Waals surface area contributed by atoms with E-state index in [9.17, 15) is 5.11 Å². The molecule has 1 fully saturated rings. The molecular formula is C15H24N2O2. The first-order valence-corrected chi connectivity index (χ1v) is 7.08. The van der Waals surface area contributed by atoms with Crippen LogP contribution in [0.15, 0.2) is 30.3 Å². The van der Waals surface area contributed by atoms with Gasteiger partial charge in [-0.2, -0.15) is 0 Å². The number of nitrogens with zero attached hydrogens (tertiary/aromatic N) is 2. The van der Waals surface area contributed by atoms with E-state index in [2.05, 4.69) is 9.80 Å². The molecule has 106 valence electrons. The molecule has 0 spiro atoms. The Morgan fingerprint density at radius 1 is 1.00 bits per heavy atom. The third-order valence-corrected chi connectivity index (χ3v) is 3.71. The maximum absolute atomic E-state index is 10.2. The van der Waals surface area contributed by atoms with Gasteiger partial charge >= 0.3 is 0 Å². The van der Waals surface area contributed by atoms with Gasteiger partial charge in [0.15, 0.2) is 0 Å². The van der Waals surface area contributed by atoms with Gasteiger partial charge in [0.2, 0.25) is 0 Å². The third-order valence-electron chi connectivity index (χ3n) is 3.71. The summed E-state index contributed by atoms with van der Waals surface area (Å²) in [5.41, 5.74) is 0.985. The van der Waals surface area contributed by atoms with Gasteiger partial charge in [-0.25, -0.2) is 0 Å². The smallest absolute Gasteiger partial charge is 0.0916 e. The van der Waals surface area contributed by atoms with E-state index < -0.39 is 6.10 Å². The molecule has 0 aliphatic carbocycles. The zero-order valence-electron chi connectivity index (χ0n) is 11.4. The summed E-state index contributed by atoms with van der Waals surface area (Å²) in [6, 6.07) is 9.84.